The molecule has 0 unspecified atom stereocenters. The van der Waals surface area contributed by atoms with Gasteiger partial charge in [0.1, 0.15) is 0 Å². The summed E-state index contributed by atoms with van der Waals surface area (Å²) in [6.07, 6.45) is 5.93. The molecule has 3 fully saturated rings. The van der Waals surface area contributed by atoms with Gasteiger partial charge in [-0.2, -0.15) is 0 Å². The molecule has 4 aliphatic carbocycles. The van der Waals surface area contributed by atoms with Crippen LogP contribution in [0.2, 0.25) is 5.22 Å². The van der Waals surface area contributed by atoms with Crippen LogP contribution in [0.5, 0.6) is 0 Å². The largest absolute Gasteiger partial charge is 0.444 e. The van der Waals surface area contributed by atoms with E-state index in [1.165, 1.54) is 18.2 Å². The van der Waals surface area contributed by atoms with Crippen LogP contribution in [0.4, 0.5) is 0 Å². The predicted octanol–water partition coefficient (Wildman–Crippen LogP) is 5.52. The summed E-state index contributed by atoms with van der Waals surface area (Å²) in [4.78, 5) is 37.8. The number of allylic oxidation sites excluding steroid dienone is 4. The lowest BCUT2D eigenvalue weighted by atomic mass is 9.45. The van der Waals surface area contributed by atoms with Crippen LogP contribution >= 0.6 is 34.8 Å². The van der Waals surface area contributed by atoms with Gasteiger partial charge in [0.05, 0.1) is 16.9 Å². The summed E-state index contributed by atoms with van der Waals surface area (Å²) in [7, 11) is 0. The van der Waals surface area contributed by atoms with Gasteiger partial charge in [-0.3, -0.25) is 9.59 Å². The molecule has 0 aliphatic heterocycles. The highest BCUT2D eigenvalue weighted by Gasteiger charge is 2.76. The molecule has 0 aromatic carbocycles. The molecule has 1 N–H and O–H groups in total. The fraction of sp³-hybridized carbons (Fsp3) is 0.593. The Labute approximate surface area is 225 Å². The Morgan fingerprint density at radius 3 is 2.61 bits per heavy atom. The van der Waals surface area contributed by atoms with Crippen molar-refractivity contribution in [2.24, 2.45) is 28.6 Å². The van der Waals surface area contributed by atoms with E-state index >= 15 is 0 Å². The van der Waals surface area contributed by atoms with Gasteiger partial charge in [-0.05, 0) is 73.4 Å². The minimum absolute atomic E-state index is 0.0292. The fourth-order valence-corrected chi connectivity index (χ4v) is 8.99. The Hall–Kier alpha value is -1.60. The van der Waals surface area contributed by atoms with E-state index in [4.69, 9.17) is 44.0 Å². The third-order valence-corrected chi connectivity index (χ3v) is 11.1. The quantitative estimate of drug-likeness (QED) is 0.388. The van der Waals surface area contributed by atoms with E-state index in [0.717, 1.165) is 5.57 Å². The first-order chi connectivity index (χ1) is 16.8. The van der Waals surface area contributed by atoms with Crippen molar-refractivity contribution in [3.05, 3.63) is 46.9 Å². The first-order valence-electron chi connectivity index (χ1n) is 12.2. The van der Waals surface area contributed by atoms with Crippen molar-refractivity contribution in [3.8, 4) is 0 Å². The number of Topliss-reactive ketones (excluding diaryl/α,β-unsaturated/α-hetero) is 1. The zero-order valence-corrected chi connectivity index (χ0v) is 22.6. The Bertz CT molecular complexity index is 1200. The zero-order chi connectivity index (χ0) is 26.3. The number of rotatable bonds is 4. The van der Waals surface area contributed by atoms with E-state index in [1.807, 2.05) is 26.8 Å². The third-order valence-electron chi connectivity index (χ3n) is 9.74. The number of hydrogen-bond donors (Lipinski definition) is 1. The van der Waals surface area contributed by atoms with E-state index < -0.39 is 39.2 Å². The lowest BCUT2D eigenvalue weighted by Crippen LogP contribution is -2.69. The van der Waals surface area contributed by atoms with Crippen LogP contribution in [0.1, 0.15) is 57.0 Å². The number of carbonyl (C=O) groups excluding carboxylic acids is 3. The van der Waals surface area contributed by atoms with Crippen LogP contribution in [0.3, 0.4) is 0 Å². The molecule has 1 aromatic rings. The number of furan rings is 1. The fourth-order valence-electron chi connectivity index (χ4n) is 8.12. The maximum atomic E-state index is 13.6. The summed E-state index contributed by atoms with van der Waals surface area (Å²) in [5.41, 5.74) is -2.32. The van der Waals surface area contributed by atoms with Crippen molar-refractivity contribution in [1.29, 1.82) is 0 Å². The molecule has 0 saturated heterocycles. The molecule has 1 aromatic heterocycles. The standard InChI is InChI=1S/C27H29Cl3O6/c1-14-10-18-17-5-4-15-11-16(31)8-9-24(15,2)26(17,30)20(32)12-25(18,3)27(14,21(33)13-28)36-23(34)19-6-7-22(29)35-19/h6-9,11,14,17-18,20,32H,4-5,10,12-13H2,1-3H3/t14-,17+,18+,20+,24+,25+,26+,27+/m1/s1. The lowest BCUT2D eigenvalue weighted by molar-refractivity contribution is -0.177. The van der Waals surface area contributed by atoms with Gasteiger partial charge in [0.15, 0.2) is 22.4 Å². The normalized spacial score (nSPS) is 43.3. The predicted molar refractivity (Wildman–Crippen MR) is 135 cm³/mol. The lowest BCUT2D eigenvalue weighted by Gasteiger charge is -2.64. The smallest absolute Gasteiger partial charge is 0.375 e. The van der Waals surface area contributed by atoms with Gasteiger partial charge in [0.2, 0.25) is 5.76 Å². The molecule has 0 amide bonds. The molecule has 0 bridgehead atoms. The maximum Gasteiger partial charge on any atom is 0.375 e. The number of ether oxygens (including phenoxy) is 1. The topological polar surface area (TPSA) is 93.8 Å². The van der Waals surface area contributed by atoms with Crippen molar-refractivity contribution in [2.75, 3.05) is 5.88 Å². The average molecular weight is 556 g/mol. The third kappa shape index (κ3) is 3.17. The Morgan fingerprint density at radius 1 is 1.25 bits per heavy atom. The zero-order valence-electron chi connectivity index (χ0n) is 20.4. The van der Waals surface area contributed by atoms with Crippen LogP contribution in [-0.4, -0.2) is 45.1 Å². The second-order valence-corrected chi connectivity index (χ2v) is 12.5. The minimum Gasteiger partial charge on any atom is -0.444 e. The molecule has 6 nitrogen and oxygen atoms in total. The molecule has 0 spiro atoms. The van der Waals surface area contributed by atoms with Crippen molar-refractivity contribution < 1.29 is 28.6 Å². The summed E-state index contributed by atoms with van der Waals surface area (Å²) in [6, 6.07) is 2.83. The van der Waals surface area contributed by atoms with Crippen LogP contribution in [0.25, 0.3) is 0 Å². The van der Waals surface area contributed by atoms with E-state index in [0.29, 0.717) is 19.3 Å². The van der Waals surface area contributed by atoms with Gasteiger partial charge >= 0.3 is 5.97 Å². The molecule has 9 heteroatoms. The number of esters is 1. The number of halogens is 3. The minimum atomic E-state index is -1.58. The Morgan fingerprint density at radius 2 is 1.97 bits per heavy atom. The molecule has 0 radical (unpaired) electrons. The van der Waals surface area contributed by atoms with Crippen molar-refractivity contribution in [1.82, 2.24) is 0 Å². The van der Waals surface area contributed by atoms with Gasteiger partial charge in [-0.15, -0.1) is 23.2 Å². The molecule has 8 atom stereocenters. The number of carbonyl (C=O) groups is 3. The summed E-state index contributed by atoms with van der Waals surface area (Å²) in [6.45, 7) is 5.76. The van der Waals surface area contributed by atoms with Gasteiger partial charge in [0.25, 0.3) is 0 Å². The van der Waals surface area contributed by atoms with Crippen LogP contribution < -0.4 is 0 Å². The molecule has 5 rings (SSSR count). The van der Waals surface area contributed by atoms with E-state index in [2.05, 4.69) is 0 Å². The van der Waals surface area contributed by atoms with E-state index in [1.54, 1.807) is 6.08 Å². The second kappa shape index (κ2) is 8.45. The average Bonchev–Trinajstić information content (AvgIpc) is 3.35. The molecular formula is C27H29Cl3O6. The summed E-state index contributed by atoms with van der Waals surface area (Å²) >= 11 is 19.5. The number of aliphatic hydroxyl groups excluding tert-OH is 1. The molecule has 36 heavy (non-hydrogen) atoms. The number of alkyl halides is 2. The molecule has 4 aliphatic rings. The van der Waals surface area contributed by atoms with E-state index in [9.17, 15) is 19.5 Å². The van der Waals surface area contributed by atoms with Gasteiger partial charge in [-0.1, -0.05) is 32.4 Å². The highest BCUT2D eigenvalue weighted by Crippen LogP contribution is 2.72. The Kier molecular flexibility index (Phi) is 6.11. The number of ketones is 2. The summed E-state index contributed by atoms with van der Waals surface area (Å²) < 4.78 is 11.4. The highest BCUT2D eigenvalue weighted by molar-refractivity contribution is 6.29. The van der Waals surface area contributed by atoms with Gasteiger partial charge in [-0.25, -0.2) is 4.79 Å². The Balaban J connectivity index is 1.61. The van der Waals surface area contributed by atoms with E-state index in [-0.39, 0.29) is 46.8 Å². The van der Waals surface area contributed by atoms with Gasteiger partial charge in [0, 0.05) is 16.7 Å². The molecule has 194 valence electrons. The molecule has 3 saturated carbocycles. The first-order valence-corrected chi connectivity index (χ1v) is 13.5. The number of fused-ring (bicyclic) bond motifs is 5. The van der Waals surface area contributed by atoms with Crippen LogP contribution in [0, 0.1) is 28.6 Å². The van der Waals surface area contributed by atoms with Crippen molar-refractivity contribution >= 4 is 52.3 Å². The monoisotopic (exact) mass is 554 g/mol. The molecule has 1 heterocycles. The maximum absolute atomic E-state index is 13.6. The van der Waals surface area contributed by atoms with Gasteiger partial charge < -0.3 is 14.3 Å². The first kappa shape index (κ1) is 26.0. The number of hydrogen-bond acceptors (Lipinski definition) is 6. The molecular weight excluding hydrogens is 527 g/mol. The highest BCUT2D eigenvalue weighted by atomic mass is 35.5. The van der Waals surface area contributed by atoms with Crippen LogP contribution in [-0.2, 0) is 14.3 Å². The SMILES string of the molecule is C[C@@H]1C[C@H]2[C@@H]3CCC4=CC(=O)C=C[C@]4(C)[C@@]3(Cl)[C@@H](O)C[C@]2(C)[C@@]1(OC(=O)c1ccc(Cl)o1)C(=O)CCl. The van der Waals surface area contributed by atoms with Crippen molar-refractivity contribution in [3.63, 3.8) is 0 Å². The number of aliphatic hydroxyl groups is 1. The summed E-state index contributed by atoms with van der Waals surface area (Å²) in [5, 5.41) is 11.8. The summed E-state index contributed by atoms with van der Waals surface area (Å²) in [5.74, 6) is -2.47. The van der Waals surface area contributed by atoms with Crippen molar-refractivity contribution in [2.45, 2.75) is 63.0 Å². The second-order valence-electron chi connectivity index (χ2n) is 11.2. The van der Waals surface area contributed by atoms with Crippen LogP contribution in [0.15, 0.2) is 40.4 Å².